The van der Waals surface area contributed by atoms with Crippen LogP contribution in [0.1, 0.15) is 46.0 Å². The van der Waals surface area contributed by atoms with Gasteiger partial charge in [0.15, 0.2) is 0 Å². The van der Waals surface area contributed by atoms with Crippen LogP contribution in [0.5, 0.6) is 0 Å². The maximum atomic E-state index is 11.0. The standard InChI is InChI=1S/C12H23NO3/c1-11(2,13)12(8-10(14)15)6-4-9(16-3)5-7-12/h9H,4-8,13H2,1-3H3,(H,14,15). The van der Waals surface area contributed by atoms with Gasteiger partial charge in [0.25, 0.3) is 0 Å². The van der Waals surface area contributed by atoms with Crippen LogP contribution in [-0.4, -0.2) is 29.8 Å². The van der Waals surface area contributed by atoms with Crippen LogP contribution in [0.2, 0.25) is 0 Å². The Hall–Kier alpha value is -0.610. The second-order valence-corrected chi connectivity index (χ2v) is 5.51. The zero-order valence-corrected chi connectivity index (χ0v) is 10.5. The van der Waals surface area contributed by atoms with Crippen LogP contribution >= 0.6 is 0 Å². The number of rotatable bonds is 4. The lowest BCUT2D eigenvalue weighted by Gasteiger charge is -2.48. The van der Waals surface area contributed by atoms with E-state index in [4.69, 9.17) is 15.6 Å². The average molecular weight is 229 g/mol. The van der Waals surface area contributed by atoms with Gasteiger partial charge in [-0.05, 0) is 44.9 Å². The maximum absolute atomic E-state index is 11.0. The third-order valence-electron chi connectivity index (χ3n) is 4.08. The molecule has 0 aromatic heterocycles. The maximum Gasteiger partial charge on any atom is 0.303 e. The fourth-order valence-corrected chi connectivity index (χ4v) is 2.72. The number of ether oxygens (including phenoxy) is 1. The van der Waals surface area contributed by atoms with Crippen molar-refractivity contribution in [3.63, 3.8) is 0 Å². The normalized spacial score (nSPS) is 31.4. The molecule has 0 spiro atoms. The number of hydrogen-bond acceptors (Lipinski definition) is 3. The Morgan fingerprint density at radius 3 is 2.31 bits per heavy atom. The molecule has 0 unspecified atom stereocenters. The van der Waals surface area contributed by atoms with Crippen LogP contribution in [0.15, 0.2) is 0 Å². The fourth-order valence-electron chi connectivity index (χ4n) is 2.72. The van der Waals surface area contributed by atoms with Crippen molar-refractivity contribution in [3.8, 4) is 0 Å². The summed E-state index contributed by atoms with van der Waals surface area (Å²) in [6.45, 7) is 3.87. The summed E-state index contributed by atoms with van der Waals surface area (Å²) < 4.78 is 5.31. The molecule has 0 heterocycles. The molecule has 1 fully saturated rings. The topological polar surface area (TPSA) is 72.5 Å². The summed E-state index contributed by atoms with van der Waals surface area (Å²) in [6, 6.07) is 0. The van der Waals surface area contributed by atoms with Gasteiger partial charge >= 0.3 is 5.97 Å². The van der Waals surface area contributed by atoms with Crippen molar-refractivity contribution in [2.45, 2.75) is 57.6 Å². The lowest BCUT2D eigenvalue weighted by Crippen LogP contribution is -2.54. The molecule has 16 heavy (non-hydrogen) atoms. The molecule has 1 aliphatic rings. The molecule has 3 N–H and O–H groups in total. The SMILES string of the molecule is COC1CCC(CC(=O)O)(C(C)(C)N)CC1. The Balaban J connectivity index is 2.79. The Morgan fingerprint density at radius 2 is 2.00 bits per heavy atom. The van der Waals surface area contributed by atoms with Gasteiger partial charge in [-0.1, -0.05) is 0 Å². The molecule has 0 aromatic rings. The monoisotopic (exact) mass is 229 g/mol. The highest BCUT2D eigenvalue weighted by atomic mass is 16.5. The van der Waals surface area contributed by atoms with E-state index >= 15 is 0 Å². The molecule has 4 heteroatoms. The number of methoxy groups -OCH3 is 1. The highest BCUT2D eigenvalue weighted by Crippen LogP contribution is 2.46. The van der Waals surface area contributed by atoms with Crippen molar-refractivity contribution in [2.75, 3.05) is 7.11 Å². The molecule has 1 saturated carbocycles. The highest BCUT2D eigenvalue weighted by Gasteiger charge is 2.46. The van der Waals surface area contributed by atoms with Crippen molar-refractivity contribution in [1.29, 1.82) is 0 Å². The lowest BCUT2D eigenvalue weighted by molar-refractivity contribution is -0.142. The van der Waals surface area contributed by atoms with E-state index in [-0.39, 0.29) is 17.9 Å². The Morgan fingerprint density at radius 1 is 1.50 bits per heavy atom. The van der Waals surface area contributed by atoms with Gasteiger partial charge in [0.2, 0.25) is 0 Å². The van der Waals surface area contributed by atoms with Gasteiger partial charge in [0, 0.05) is 12.6 Å². The zero-order valence-electron chi connectivity index (χ0n) is 10.5. The first kappa shape index (κ1) is 13.5. The van der Waals surface area contributed by atoms with Crippen LogP contribution in [0.25, 0.3) is 0 Å². The second-order valence-electron chi connectivity index (χ2n) is 5.51. The Kier molecular flexibility index (Phi) is 3.97. The minimum absolute atomic E-state index is 0.160. The summed E-state index contributed by atoms with van der Waals surface area (Å²) in [5.41, 5.74) is 5.44. The van der Waals surface area contributed by atoms with Gasteiger partial charge in [-0.3, -0.25) is 4.79 Å². The summed E-state index contributed by atoms with van der Waals surface area (Å²) in [7, 11) is 1.71. The van der Waals surface area contributed by atoms with Gasteiger partial charge in [-0.25, -0.2) is 0 Å². The molecule has 0 atom stereocenters. The van der Waals surface area contributed by atoms with Gasteiger partial charge in [-0.15, -0.1) is 0 Å². The van der Waals surface area contributed by atoms with Crippen LogP contribution in [0, 0.1) is 5.41 Å². The lowest BCUT2D eigenvalue weighted by atomic mass is 9.61. The van der Waals surface area contributed by atoms with Crippen molar-refractivity contribution in [3.05, 3.63) is 0 Å². The molecule has 1 aliphatic carbocycles. The molecular formula is C12H23NO3. The number of carboxylic acid groups (broad SMARTS) is 1. The molecule has 1 rings (SSSR count). The van der Waals surface area contributed by atoms with E-state index < -0.39 is 11.5 Å². The number of nitrogens with two attached hydrogens (primary N) is 1. The van der Waals surface area contributed by atoms with E-state index in [1.54, 1.807) is 7.11 Å². The van der Waals surface area contributed by atoms with E-state index in [0.717, 1.165) is 25.7 Å². The minimum atomic E-state index is -0.755. The molecule has 94 valence electrons. The molecule has 0 amide bonds. The Bertz CT molecular complexity index is 249. The number of carbonyl (C=O) groups is 1. The van der Waals surface area contributed by atoms with E-state index in [2.05, 4.69) is 0 Å². The summed E-state index contributed by atoms with van der Waals surface area (Å²) in [6.07, 6.45) is 3.91. The molecule has 0 bridgehead atoms. The third kappa shape index (κ3) is 2.74. The zero-order chi connectivity index (χ0) is 12.4. The number of carboxylic acids is 1. The first-order valence-electron chi connectivity index (χ1n) is 5.84. The third-order valence-corrected chi connectivity index (χ3v) is 4.08. The van der Waals surface area contributed by atoms with E-state index in [1.165, 1.54) is 0 Å². The summed E-state index contributed by atoms with van der Waals surface area (Å²) in [4.78, 5) is 11.0. The van der Waals surface area contributed by atoms with E-state index in [9.17, 15) is 4.79 Å². The first-order valence-corrected chi connectivity index (χ1v) is 5.84. The van der Waals surface area contributed by atoms with Crippen molar-refractivity contribution < 1.29 is 14.6 Å². The number of hydrogen-bond donors (Lipinski definition) is 2. The molecule has 0 radical (unpaired) electrons. The van der Waals surface area contributed by atoms with Gasteiger partial charge in [0.05, 0.1) is 12.5 Å². The molecule has 4 nitrogen and oxygen atoms in total. The first-order chi connectivity index (χ1) is 7.31. The summed E-state index contributed by atoms with van der Waals surface area (Å²) in [5, 5.41) is 9.03. The largest absolute Gasteiger partial charge is 0.481 e. The van der Waals surface area contributed by atoms with Crippen molar-refractivity contribution in [1.82, 2.24) is 0 Å². The minimum Gasteiger partial charge on any atom is -0.481 e. The molecule has 0 saturated heterocycles. The summed E-state index contributed by atoms with van der Waals surface area (Å²) >= 11 is 0. The Labute approximate surface area is 97.2 Å². The van der Waals surface area contributed by atoms with Gasteiger partial charge in [0.1, 0.15) is 0 Å². The van der Waals surface area contributed by atoms with Crippen LogP contribution in [0.3, 0.4) is 0 Å². The van der Waals surface area contributed by atoms with E-state index in [1.807, 2.05) is 13.8 Å². The van der Waals surface area contributed by atoms with E-state index in [0.29, 0.717) is 0 Å². The number of aliphatic carboxylic acids is 1. The quantitative estimate of drug-likeness (QED) is 0.770. The van der Waals surface area contributed by atoms with Gasteiger partial charge in [-0.2, -0.15) is 0 Å². The molecular weight excluding hydrogens is 206 g/mol. The van der Waals surface area contributed by atoms with Crippen LogP contribution in [0.4, 0.5) is 0 Å². The smallest absolute Gasteiger partial charge is 0.303 e. The molecule has 0 aliphatic heterocycles. The highest BCUT2D eigenvalue weighted by molar-refractivity contribution is 5.68. The van der Waals surface area contributed by atoms with Crippen LogP contribution in [-0.2, 0) is 9.53 Å². The fraction of sp³-hybridized carbons (Fsp3) is 0.917. The summed E-state index contributed by atoms with van der Waals surface area (Å²) in [5.74, 6) is -0.755. The van der Waals surface area contributed by atoms with Crippen LogP contribution < -0.4 is 5.73 Å². The predicted octanol–water partition coefficient (Wildman–Crippen LogP) is 1.77. The predicted molar refractivity (Wildman–Crippen MR) is 62.2 cm³/mol. The molecule has 0 aromatic carbocycles. The van der Waals surface area contributed by atoms with Gasteiger partial charge < -0.3 is 15.6 Å². The second kappa shape index (κ2) is 4.72. The van der Waals surface area contributed by atoms with Crippen molar-refractivity contribution in [2.24, 2.45) is 11.1 Å². The van der Waals surface area contributed by atoms with Crippen molar-refractivity contribution >= 4 is 5.97 Å². The average Bonchev–Trinajstić information content (AvgIpc) is 2.16.